The van der Waals surface area contributed by atoms with E-state index >= 15 is 0 Å². The molecule has 1 aliphatic heterocycles. The third kappa shape index (κ3) is 2.72. The summed E-state index contributed by atoms with van der Waals surface area (Å²) in [6.07, 6.45) is 2.19. The van der Waals surface area contributed by atoms with Crippen LogP contribution in [0.1, 0.15) is 32.5 Å². The van der Waals surface area contributed by atoms with E-state index in [1.54, 1.807) is 25.6 Å². The monoisotopic (exact) mass is 370 g/mol. The molecule has 3 heterocycles. The number of fused-ring (bicyclic) bond motifs is 1. The highest BCUT2D eigenvalue weighted by atomic mass is 32.1. The highest BCUT2D eigenvalue weighted by molar-refractivity contribution is 7.10. The summed E-state index contributed by atoms with van der Waals surface area (Å²) >= 11 is 1.63. The van der Waals surface area contributed by atoms with Crippen molar-refractivity contribution in [1.82, 2.24) is 20.3 Å². The number of hydrogen-bond acceptors (Lipinski definition) is 6. The molecular weight excluding hydrogens is 352 g/mol. The summed E-state index contributed by atoms with van der Waals surface area (Å²) in [5.74, 6) is 1.22. The van der Waals surface area contributed by atoms with Gasteiger partial charge in [0, 0.05) is 11.4 Å². The van der Waals surface area contributed by atoms with Crippen LogP contribution >= 0.6 is 11.3 Å². The van der Waals surface area contributed by atoms with Crippen molar-refractivity contribution in [2.75, 3.05) is 20.8 Å². The number of carbonyl (C=O) groups is 1. The molecule has 0 unspecified atom stereocenters. The van der Waals surface area contributed by atoms with Crippen LogP contribution in [0.25, 0.3) is 0 Å². The van der Waals surface area contributed by atoms with Crippen LogP contribution in [0.2, 0.25) is 0 Å². The van der Waals surface area contributed by atoms with E-state index in [4.69, 9.17) is 9.47 Å². The van der Waals surface area contributed by atoms with E-state index in [2.05, 4.69) is 15.4 Å². The van der Waals surface area contributed by atoms with Crippen molar-refractivity contribution in [3.63, 3.8) is 0 Å². The topological polar surface area (TPSA) is 80.3 Å². The Morgan fingerprint density at radius 3 is 2.77 bits per heavy atom. The quantitative estimate of drug-likeness (QED) is 0.764. The molecule has 1 amide bonds. The fourth-order valence-electron chi connectivity index (χ4n) is 3.37. The zero-order valence-corrected chi connectivity index (χ0v) is 15.2. The van der Waals surface area contributed by atoms with Gasteiger partial charge in [0.1, 0.15) is 0 Å². The first-order chi connectivity index (χ1) is 12.7. The van der Waals surface area contributed by atoms with Crippen molar-refractivity contribution in [2.24, 2.45) is 0 Å². The second kappa shape index (κ2) is 6.80. The highest BCUT2D eigenvalue weighted by Gasteiger charge is 2.35. The number of aromatic amines is 1. The first-order valence-corrected chi connectivity index (χ1v) is 9.06. The number of rotatable bonds is 4. The summed E-state index contributed by atoms with van der Waals surface area (Å²) in [5.41, 5.74) is 2.52. The van der Waals surface area contributed by atoms with Gasteiger partial charge in [-0.05, 0) is 41.1 Å². The van der Waals surface area contributed by atoms with E-state index in [1.165, 1.54) is 6.20 Å². The summed E-state index contributed by atoms with van der Waals surface area (Å²) < 4.78 is 10.9. The highest BCUT2D eigenvalue weighted by Crippen LogP contribution is 2.42. The lowest BCUT2D eigenvalue weighted by molar-refractivity contribution is 0.0690. The minimum atomic E-state index is -0.192. The molecule has 8 heteroatoms. The van der Waals surface area contributed by atoms with Gasteiger partial charge in [0.15, 0.2) is 17.2 Å². The van der Waals surface area contributed by atoms with E-state index < -0.39 is 0 Å². The number of H-pyrrole nitrogens is 1. The third-order valence-electron chi connectivity index (χ3n) is 4.58. The zero-order chi connectivity index (χ0) is 18.1. The molecule has 134 valence electrons. The summed E-state index contributed by atoms with van der Waals surface area (Å²) in [6.45, 7) is 0.594. The van der Waals surface area contributed by atoms with Crippen molar-refractivity contribution >= 4 is 17.2 Å². The van der Waals surface area contributed by atoms with Crippen molar-refractivity contribution in [3.05, 3.63) is 57.5 Å². The number of thiophene rings is 1. The van der Waals surface area contributed by atoms with Crippen molar-refractivity contribution in [2.45, 2.75) is 12.5 Å². The fourth-order valence-corrected chi connectivity index (χ4v) is 4.22. The first kappa shape index (κ1) is 16.6. The first-order valence-electron chi connectivity index (χ1n) is 8.18. The zero-order valence-electron chi connectivity index (χ0n) is 14.4. The molecule has 1 aromatic carbocycles. The van der Waals surface area contributed by atoms with E-state index in [1.807, 2.05) is 34.5 Å². The molecule has 2 aromatic heterocycles. The predicted molar refractivity (Wildman–Crippen MR) is 96.8 cm³/mol. The fraction of sp³-hybridized carbons (Fsp3) is 0.278. The van der Waals surface area contributed by atoms with Gasteiger partial charge in [-0.1, -0.05) is 6.07 Å². The lowest BCUT2D eigenvalue weighted by Gasteiger charge is -2.37. The normalized spacial score (nSPS) is 16.2. The second-order valence-corrected chi connectivity index (χ2v) is 6.91. The molecule has 1 N–H and O–H groups in total. The summed E-state index contributed by atoms with van der Waals surface area (Å²) in [4.78, 5) is 15.9. The summed E-state index contributed by atoms with van der Waals surface area (Å²) in [6, 6.07) is 7.83. The SMILES string of the molecule is COc1cc2c(cc1OC)[C@@H](c1cccs1)N(C(=O)c1cn[nH]n1)CC2. The van der Waals surface area contributed by atoms with E-state index in [0.29, 0.717) is 23.7 Å². The maximum atomic E-state index is 13.0. The molecule has 4 rings (SSSR count). The third-order valence-corrected chi connectivity index (χ3v) is 5.51. The maximum Gasteiger partial charge on any atom is 0.276 e. The van der Waals surface area contributed by atoms with Gasteiger partial charge in [0.2, 0.25) is 0 Å². The molecule has 0 saturated carbocycles. The van der Waals surface area contributed by atoms with Crippen molar-refractivity contribution in [3.8, 4) is 11.5 Å². The van der Waals surface area contributed by atoms with Gasteiger partial charge in [-0.15, -0.1) is 11.3 Å². The minimum absolute atomic E-state index is 0.141. The molecule has 0 fully saturated rings. The van der Waals surface area contributed by atoms with E-state index in [-0.39, 0.29) is 11.9 Å². The molecule has 0 saturated heterocycles. The predicted octanol–water partition coefficient (Wildman–Crippen LogP) is 2.67. The molecule has 3 aromatic rings. The Morgan fingerprint density at radius 2 is 2.12 bits per heavy atom. The maximum absolute atomic E-state index is 13.0. The number of hydrogen-bond donors (Lipinski definition) is 1. The number of methoxy groups -OCH3 is 2. The van der Waals surface area contributed by atoms with Crippen molar-refractivity contribution in [1.29, 1.82) is 0 Å². The molecular formula is C18H18N4O3S. The van der Waals surface area contributed by atoms with Gasteiger partial charge in [-0.2, -0.15) is 15.4 Å². The largest absolute Gasteiger partial charge is 0.493 e. The molecule has 7 nitrogen and oxygen atoms in total. The van der Waals surface area contributed by atoms with Crippen LogP contribution < -0.4 is 9.47 Å². The molecule has 0 bridgehead atoms. The summed E-state index contributed by atoms with van der Waals surface area (Å²) in [7, 11) is 3.25. The lowest BCUT2D eigenvalue weighted by atomic mass is 9.90. The van der Waals surface area contributed by atoms with Crippen LogP contribution in [0.15, 0.2) is 35.8 Å². The van der Waals surface area contributed by atoms with E-state index in [0.717, 1.165) is 22.4 Å². The Hall–Kier alpha value is -2.87. The number of benzene rings is 1. The smallest absolute Gasteiger partial charge is 0.276 e. The van der Waals surface area contributed by atoms with Crippen LogP contribution in [0.4, 0.5) is 0 Å². The lowest BCUT2D eigenvalue weighted by Crippen LogP contribution is -2.40. The summed E-state index contributed by atoms with van der Waals surface area (Å²) in [5, 5.41) is 12.2. The van der Waals surface area contributed by atoms with Crippen LogP contribution in [0.5, 0.6) is 11.5 Å². The average Bonchev–Trinajstić information content (AvgIpc) is 3.39. The Morgan fingerprint density at radius 1 is 1.31 bits per heavy atom. The Kier molecular flexibility index (Phi) is 4.34. The Labute approximate surface area is 154 Å². The number of nitrogens with one attached hydrogen (secondary N) is 1. The van der Waals surface area contributed by atoms with Gasteiger partial charge in [-0.3, -0.25) is 4.79 Å². The Bertz CT molecular complexity index is 909. The van der Waals surface area contributed by atoms with Gasteiger partial charge < -0.3 is 14.4 Å². The molecule has 26 heavy (non-hydrogen) atoms. The molecule has 1 atom stereocenters. The van der Waals surface area contributed by atoms with Crippen LogP contribution in [-0.4, -0.2) is 47.0 Å². The minimum Gasteiger partial charge on any atom is -0.493 e. The van der Waals surface area contributed by atoms with Crippen molar-refractivity contribution < 1.29 is 14.3 Å². The number of carbonyl (C=O) groups excluding carboxylic acids is 1. The van der Waals surface area contributed by atoms with Crippen LogP contribution in [-0.2, 0) is 6.42 Å². The molecule has 0 spiro atoms. The second-order valence-electron chi connectivity index (χ2n) is 5.93. The van der Waals surface area contributed by atoms with Gasteiger partial charge in [-0.25, -0.2) is 0 Å². The van der Waals surface area contributed by atoms with Gasteiger partial charge in [0.05, 0.1) is 26.5 Å². The molecule has 0 aliphatic carbocycles. The molecule has 1 aliphatic rings. The van der Waals surface area contributed by atoms with Gasteiger partial charge >= 0.3 is 0 Å². The standard InChI is InChI=1S/C18H18N4O3S/c1-24-14-8-11-5-6-22(18(23)13-10-19-21-20-13)17(16-4-3-7-26-16)12(11)9-15(14)25-2/h3-4,7-10,17H,5-6H2,1-2H3,(H,19,20,21)/t17-/m0/s1. The number of aromatic nitrogens is 3. The average molecular weight is 370 g/mol. The van der Waals surface area contributed by atoms with E-state index in [9.17, 15) is 4.79 Å². The number of amides is 1. The van der Waals surface area contributed by atoms with Crippen LogP contribution in [0, 0.1) is 0 Å². The van der Waals surface area contributed by atoms with Crippen LogP contribution in [0.3, 0.4) is 0 Å². The number of ether oxygens (including phenoxy) is 2. The Balaban J connectivity index is 1.83. The van der Waals surface area contributed by atoms with Gasteiger partial charge in [0.25, 0.3) is 5.91 Å². The molecule has 0 radical (unpaired) electrons. The number of nitrogens with zero attached hydrogens (tertiary/aromatic N) is 3.